The number of aliphatic hydroxyl groups excluding tert-OH is 2. The van der Waals surface area contributed by atoms with Gasteiger partial charge in [0.25, 0.3) is 0 Å². The van der Waals surface area contributed by atoms with Crippen LogP contribution < -0.4 is 5.73 Å². The number of ether oxygens (including phenoxy) is 2. The van der Waals surface area contributed by atoms with Crippen LogP contribution in [0.1, 0.15) is 61.8 Å². The number of hydrogen-bond acceptors (Lipinski definition) is 8. The van der Waals surface area contributed by atoms with E-state index in [0.29, 0.717) is 12.8 Å². The van der Waals surface area contributed by atoms with Crippen molar-refractivity contribution in [1.82, 2.24) is 0 Å². The average molecular weight is 576 g/mol. The predicted octanol–water partition coefficient (Wildman–Crippen LogP) is 4.52. The van der Waals surface area contributed by atoms with Gasteiger partial charge in [-0.1, -0.05) is 37.6 Å². The van der Waals surface area contributed by atoms with Gasteiger partial charge < -0.3 is 25.4 Å². The summed E-state index contributed by atoms with van der Waals surface area (Å²) in [5, 5.41) is 24.1. The summed E-state index contributed by atoms with van der Waals surface area (Å²) in [5.74, 6) is -0.221. The predicted molar refractivity (Wildman–Crippen MR) is 155 cm³/mol. The number of allylic oxidation sites excluding steroid dienone is 4. The van der Waals surface area contributed by atoms with Gasteiger partial charge in [0.05, 0.1) is 17.1 Å². The van der Waals surface area contributed by atoms with Crippen molar-refractivity contribution in [3.05, 3.63) is 75.5 Å². The minimum absolute atomic E-state index is 0.00596. The normalized spacial score (nSPS) is 40.9. The summed E-state index contributed by atoms with van der Waals surface area (Å²) in [6, 6.07) is 9.89. The molecule has 4 aliphatic carbocycles. The van der Waals surface area contributed by atoms with E-state index in [1.54, 1.807) is 23.5 Å². The van der Waals surface area contributed by atoms with E-state index in [4.69, 9.17) is 15.2 Å². The molecule has 0 unspecified atom stereocenters. The average Bonchev–Trinajstić information content (AvgIpc) is 3.61. The fourth-order valence-corrected chi connectivity index (χ4v) is 10.2. The molecule has 216 valence electrons. The first-order chi connectivity index (χ1) is 19.6. The molecule has 1 aromatic heterocycles. The first-order valence-electron chi connectivity index (χ1n) is 14.6. The van der Waals surface area contributed by atoms with Crippen molar-refractivity contribution in [3.8, 4) is 0 Å². The summed E-state index contributed by atoms with van der Waals surface area (Å²) in [6.45, 7) is 3.56. The van der Waals surface area contributed by atoms with Crippen molar-refractivity contribution in [2.75, 3.05) is 12.3 Å². The first-order valence-corrected chi connectivity index (χ1v) is 15.5. The largest absolute Gasteiger partial charge is 0.399 e. The van der Waals surface area contributed by atoms with Gasteiger partial charge in [0.1, 0.15) is 6.61 Å². The fraction of sp³-hybridized carbons (Fsp3) is 0.515. The maximum absolute atomic E-state index is 13.7. The Morgan fingerprint density at radius 3 is 2.83 bits per heavy atom. The number of hydrogen-bond donors (Lipinski definition) is 3. The number of rotatable bonds is 5. The van der Waals surface area contributed by atoms with Crippen LogP contribution in [0.3, 0.4) is 0 Å². The minimum atomic E-state index is -1.34. The zero-order valence-electron chi connectivity index (χ0n) is 23.4. The van der Waals surface area contributed by atoms with E-state index in [2.05, 4.69) is 25.3 Å². The number of aliphatic hydroxyl groups is 2. The number of carbonyl (C=O) groups excluding carboxylic acids is 2. The van der Waals surface area contributed by atoms with Gasteiger partial charge in [0.2, 0.25) is 0 Å². The molecule has 2 heterocycles. The number of nitrogens with two attached hydrogens (primary N) is 1. The molecule has 2 aromatic rings. The number of fused-ring (bicyclic) bond motifs is 7. The van der Waals surface area contributed by atoms with Crippen molar-refractivity contribution in [1.29, 1.82) is 0 Å². The molecule has 1 aromatic carbocycles. The minimum Gasteiger partial charge on any atom is -0.399 e. The number of anilines is 1. The van der Waals surface area contributed by atoms with Crippen molar-refractivity contribution in [2.45, 2.75) is 70.1 Å². The van der Waals surface area contributed by atoms with Gasteiger partial charge in [-0.2, -0.15) is 0 Å². The van der Waals surface area contributed by atoms with Gasteiger partial charge in [-0.25, -0.2) is 0 Å². The molecule has 8 heteroatoms. The fourth-order valence-electron chi connectivity index (χ4n) is 9.36. The third kappa shape index (κ3) is 3.84. The first kappa shape index (κ1) is 27.2. The molecule has 0 radical (unpaired) electrons. The number of nitrogen functional groups attached to an aromatic ring is 1. The second-order valence-electron chi connectivity index (χ2n) is 13.1. The number of thiophene rings is 1. The molecule has 7 rings (SSSR count). The molecule has 7 nitrogen and oxygen atoms in total. The molecular weight excluding hydrogens is 538 g/mol. The van der Waals surface area contributed by atoms with Crippen molar-refractivity contribution in [2.24, 2.45) is 28.6 Å². The van der Waals surface area contributed by atoms with E-state index in [1.165, 1.54) is 0 Å². The van der Waals surface area contributed by atoms with Crippen LogP contribution in [-0.4, -0.2) is 46.2 Å². The van der Waals surface area contributed by atoms with Crippen LogP contribution in [0.4, 0.5) is 5.69 Å². The smallest absolute Gasteiger partial charge is 0.194 e. The van der Waals surface area contributed by atoms with Crippen molar-refractivity contribution < 1.29 is 29.3 Å². The number of ketones is 2. The monoisotopic (exact) mass is 575 g/mol. The molecule has 4 N–H and O–H groups in total. The van der Waals surface area contributed by atoms with Crippen LogP contribution in [0, 0.1) is 28.6 Å². The lowest BCUT2D eigenvalue weighted by Crippen LogP contribution is -2.63. The Morgan fingerprint density at radius 1 is 1.22 bits per heavy atom. The van der Waals surface area contributed by atoms with E-state index in [9.17, 15) is 19.8 Å². The topological polar surface area (TPSA) is 119 Å². The third-order valence-electron chi connectivity index (χ3n) is 11.1. The summed E-state index contributed by atoms with van der Waals surface area (Å²) in [4.78, 5) is 26.8. The second kappa shape index (κ2) is 9.44. The van der Waals surface area contributed by atoms with Gasteiger partial charge >= 0.3 is 0 Å². The highest BCUT2D eigenvalue weighted by Crippen LogP contribution is 2.70. The van der Waals surface area contributed by atoms with Crippen molar-refractivity contribution >= 4 is 28.6 Å². The van der Waals surface area contributed by atoms with Gasteiger partial charge in [0, 0.05) is 22.4 Å². The molecule has 1 saturated heterocycles. The lowest BCUT2D eigenvalue weighted by Gasteiger charge is -2.59. The summed E-state index contributed by atoms with van der Waals surface area (Å²) in [5.41, 5.74) is 7.56. The van der Waals surface area contributed by atoms with Gasteiger partial charge in [0.15, 0.2) is 23.5 Å². The lowest BCUT2D eigenvalue weighted by atomic mass is 9.46. The summed E-state index contributed by atoms with van der Waals surface area (Å²) in [7, 11) is 0. The molecule has 9 atom stereocenters. The zero-order chi connectivity index (χ0) is 28.7. The van der Waals surface area contributed by atoms with Gasteiger partial charge in [-0.3, -0.25) is 9.59 Å². The molecule has 0 amide bonds. The van der Waals surface area contributed by atoms with E-state index in [1.807, 2.05) is 30.3 Å². The Labute approximate surface area is 244 Å². The third-order valence-corrected chi connectivity index (χ3v) is 12.1. The molecule has 0 spiro atoms. The molecule has 0 bridgehead atoms. The summed E-state index contributed by atoms with van der Waals surface area (Å²) in [6.07, 6.45) is 6.79. The Morgan fingerprint density at radius 2 is 2.05 bits per heavy atom. The lowest BCUT2D eigenvalue weighted by molar-refractivity contribution is -0.200. The van der Waals surface area contributed by atoms with Crippen LogP contribution in [0.15, 0.2) is 59.5 Å². The van der Waals surface area contributed by atoms with E-state index in [0.717, 1.165) is 46.5 Å². The SMILES string of the molecule is C[C@]12C=CC(=O)C=C1CC[C@@H]1[C@@H]2[C@@H](O)C[C@@]2(C)[C@H]1C[C@H]1O[C@@H](c3cc(Cc4cccc(N)c4)cs3)O[C@]12C(=O)CO. The van der Waals surface area contributed by atoms with E-state index < -0.39 is 41.5 Å². The highest BCUT2D eigenvalue weighted by Gasteiger charge is 2.76. The van der Waals surface area contributed by atoms with Gasteiger partial charge in [-0.05, 0) is 90.8 Å². The van der Waals surface area contributed by atoms with Crippen LogP contribution in [0.25, 0.3) is 0 Å². The molecule has 3 saturated carbocycles. The maximum Gasteiger partial charge on any atom is 0.194 e. The summed E-state index contributed by atoms with van der Waals surface area (Å²) < 4.78 is 13.3. The van der Waals surface area contributed by atoms with E-state index >= 15 is 0 Å². The second-order valence-corrected chi connectivity index (χ2v) is 14.1. The van der Waals surface area contributed by atoms with Crippen LogP contribution in [0.2, 0.25) is 0 Å². The zero-order valence-corrected chi connectivity index (χ0v) is 24.2. The molecule has 1 aliphatic heterocycles. The maximum atomic E-state index is 13.7. The molecule has 41 heavy (non-hydrogen) atoms. The Kier molecular flexibility index (Phi) is 6.27. The molecular formula is C33H37NO6S. The Balaban J connectivity index is 1.19. The highest BCUT2D eigenvalue weighted by molar-refractivity contribution is 7.10. The standard InChI is InChI=1S/C33H37NO6S/c1-31-9-8-22(36)13-20(31)6-7-23-24-14-28-33(27(38)16-35,32(24,2)15-25(37)29(23)31)40-30(39-28)26-12-19(17-41-26)10-18-4-3-5-21(34)11-18/h3-5,8-9,11-13,17,23-25,28-30,35,37H,6-7,10,14-16,34H2,1-2H3/t23-,24-,25-,28+,29+,30+,31-,32-,33+/m0/s1. The molecule has 5 aliphatic rings. The number of carbonyl (C=O) groups is 2. The van der Waals surface area contributed by atoms with Crippen LogP contribution >= 0.6 is 11.3 Å². The quantitative estimate of drug-likeness (QED) is 0.449. The Hall–Kier alpha value is -2.62. The number of Topliss-reactive ketones (excluding diaryl/α,β-unsaturated/α-hetero) is 1. The van der Waals surface area contributed by atoms with Crippen molar-refractivity contribution in [3.63, 3.8) is 0 Å². The van der Waals surface area contributed by atoms with E-state index in [-0.39, 0.29) is 29.3 Å². The summed E-state index contributed by atoms with van der Waals surface area (Å²) >= 11 is 1.54. The number of benzene rings is 1. The molecule has 4 fully saturated rings. The highest BCUT2D eigenvalue weighted by atomic mass is 32.1. The van der Waals surface area contributed by atoms with Crippen LogP contribution in [0.5, 0.6) is 0 Å². The van der Waals surface area contributed by atoms with Crippen LogP contribution in [-0.2, 0) is 25.5 Å². The Bertz CT molecular complexity index is 1480. The van der Waals surface area contributed by atoms with Gasteiger partial charge in [-0.15, -0.1) is 11.3 Å².